The van der Waals surface area contributed by atoms with Crippen molar-refractivity contribution in [2.45, 2.75) is 0 Å². The molecule has 0 amide bonds. The zero-order valence-electron chi connectivity index (χ0n) is 13.2. The van der Waals surface area contributed by atoms with Crippen LogP contribution in [0, 0.1) is 0 Å². The number of benzene rings is 2. The fraction of sp³-hybridized carbons (Fsp3) is 0.167. The molecule has 23 heavy (non-hydrogen) atoms. The molecule has 0 saturated carbocycles. The van der Waals surface area contributed by atoms with Gasteiger partial charge in [0.2, 0.25) is 5.75 Å². The minimum absolute atomic E-state index is 0.520. The van der Waals surface area contributed by atoms with Gasteiger partial charge in [0.25, 0.3) is 0 Å². The van der Waals surface area contributed by atoms with Gasteiger partial charge in [-0.05, 0) is 41.0 Å². The predicted molar refractivity (Wildman–Crippen MR) is 85.6 cm³/mol. The van der Waals surface area contributed by atoms with E-state index in [1.807, 2.05) is 30.3 Å². The summed E-state index contributed by atoms with van der Waals surface area (Å²) in [6, 6.07) is 11.1. The topological polar surface area (TPSA) is 67.8 Å². The Labute approximate surface area is 134 Å². The maximum Gasteiger partial charge on any atom is 0.203 e. The smallest absolute Gasteiger partial charge is 0.203 e. The third-order valence-electron chi connectivity index (χ3n) is 3.30. The largest absolute Gasteiger partial charge is 0.545 e. The van der Waals surface area contributed by atoms with Crippen molar-refractivity contribution in [3.8, 4) is 28.4 Å². The first-order valence-electron chi connectivity index (χ1n) is 6.88. The molecule has 0 heterocycles. The van der Waals surface area contributed by atoms with E-state index in [0.717, 1.165) is 22.8 Å². The molecule has 0 N–H and O–H groups in total. The highest BCUT2D eigenvalue weighted by Gasteiger charge is 2.14. The van der Waals surface area contributed by atoms with Crippen molar-refractivity contribution < 1.29 is 24.1 Å². The molecule has 5 heteroatoms. The lowest BCUT2D eigenvalue weighted by Gasteiger charge is -2.14. The van der Waals surface area contributed by atoms with Crippen molar-refractivity contribution >= 4 is 12.0 Å². The van der Waals surface area contributed by atoms with Crippen LogP contribution in [-0.2, 0) is 4.79 Å². The zero-order valence-corrected chi connectivity index (χ0v) is 13.2. The summed E-state index contributed by atoms with van der Waals surface area (Å²) in [4.78, 5) is 10.5. The first-order valence-corrected chi connectivity index (χ1v) is 6.88. The summed E-state index contributed by atoms with van der Waals surface area (Å²) in [5, 5.41) is 10.5. The second-order valence-corrected chi connectivity index (χ2v) is 4.69. The number of carbonyl (C=O) groups excluding carboxylic acids is 1. The van der Waals surface area contributed by atoms with Crippen molar-refractivity contribution in [2.24, 2.45) is 0 Å². The maximum atomic E-state index is 10.5. The average Bonchev–Trinajstić information content (AvgIpc) is 2.58. The highest BCUT2D eigenvalue weighted by molar-refractivity contribution is 5.84. The molecule has 5 nitrogen and oxygen atoms in total. The molecule has 0 spiro atoms. The Kier molecular flexibility index (Phi) is 5.25. The first-order chi connectivity index (χ1) is 11.1. The molecule has 0 aromatic heterocycles. The Balaban J connectivity index is 2.49. The van der Waals surface area contributed by atoms with Gasteiger partial charge in [0, 0.05) is 0 Å². The number of methoxy groups -OCH3 is 3. The minimum Gasteiger partial charge on any atom is -0.545 e. The highest BCUT2D eigenvalue weighted by Crippen LogP contribution is 2.41. The van der Waals surface area contributed by atoms with Crippen LogP contribution in [0.5, 0.6) is 17.2 Å². The van der Waals surface area contributed by atoms with E-state index in [0.29, 0.717) is 17.2 Å². The number of hydrogen-bond acceptors (Lipinski definition) is 5. The molecular weight excluding hydrogens is 296 g/mol. The zero-order chi connectivity index (χ0) is 16.8. The highest BCUT2D eigenvalue weighted by atomic mass is 16.5. The molecule has 0 atom stereocenters. The number of rotatable bonds is 6. The lowest BCUT2D eigenvalue weighted by Crippen LogP contribution is -2.18. The van der Waals surface area contributed by atoms with Crippen LogP contribution in [0.25, 0.3) is 17.2 Å². The van der Waals surface area contributed by atoms with Crippen molar-refractivity contribution in [3.05, 3.63) is 48.0 Å². The van der Waals surface area contributed by atoms with E-state index in [-0.39, 0.29) is 0 Å². The molecule has 0 radical (unpaired) electrons. The van der Waals surface area contributed by atoms with Gasteiger partial charge in [-0.3, -0.25) is 0 Å². The van der Waals surface area contributed by atoms with Crippen LogP contribution in [0.4, 0.5) is 0 Å². The van der Waals surface area contributed by atoms with E-state index in [4.69, 9.17) is 14.2 Å². The van der Waals surface area contributed by atoms with Crippen molar-refractivity contribution in [3.63, 3.8) is 0 Å². The average molecular weight is 313 g/mol. The van der Waals surface area contributed by atoms with E-state index in [2.05, 4.69) is 0 Å². The van der Waals surface area contributed by atoms with Crippen molar-refractivity contribution in [2.75, 3.05) is 21.3 Å². The molecule has 120 valence electrons. The van der Waals surface area contributed by atoms with Crippen molar-refractivity contribution in [1.29, 1.82) is 0 Å². The Bertz CT molecular complexity index is 709. The van der Waals surface area contributed by atoms with Crippen LogP contribution in [-0.4, -0.2) is 27.3 Å². The fourth-order valence-corrected chi connectivity index (χ4v) is 2.23. The summed E-state index contributed by atoms with van der Waals surface area (Å²) in [5.74, 6) is 0.394. The molecule has 0 fully saturated rings. The van der Waals surface area contributed by atoms with E-state index >= 15 is 0 Å². The molecule has 2 aromatic carbocycles. The number of carboxylic acids is 1. The van der Waals surface area contributed by atoms with Crippen LogP contribution in [0.2, 0.25) is 0 Å². The van der Waals surface area contributed by atoms with Crippen LogP contribution >= 0.6 is 0 Å². The summed E-state index contributed by atoms with van der Waals surface area (Å²) < 4.78 is 16.0. The normalized spacial score (nSPS) is 10.6. The van der Waals surface area contributed by atoms with E-state index in [9.17, 15) is 9.90 Å². The number of ether oxygens (including phenoxy) is 3. The van der Waals surface area contributed by atoms with Gasteiger partial charge in [0.15, 0.2) is 11.5 Å². The summed E-state index contributed by atoms with van der Waals surface area (Å²) in [6.45, 7) is 0. The monoisotopic (exact) mass is 313 g/mol. The van der Waals surface area contributed by atoms with Gasteiger partial charge in [-0.2, -0.15) is 0 Å². The molecular formula is C18H17O5-. The van der Waals surface area contributed by atoms with Crippen molar-refractivity contribution in [1.82, 2.24) is 0 Å². The first kappa shape index (κ1) is 16.4. The molecule has 0 aliphatic heterocycles. The van der Waals surface area contributed by atoms with Crippen LogP contribution in [0.15, 0.2) is 42.5 Å². The quantitative estimate of drug-likeness (QED) is 0.764. The summed E-state index contributed by atoms with van der Waals surface area (Å²) in [6.07, 6.45) is 2.48. The maximum absolute atomic E-state index is 10.5. The third-order valence-corrected chi connectivity index (χ3v) is 3.30. The molecule has 2 aromatic rings. The van der Waals surface area contributed by atoms with Crippen LogP contribution in [0.1, 0.15) is 5.56 Å². The SMILES string of the molecule is COc1cc(-c2cccc(/C=C/C(=O)[O-])c2)cc(OC)c1OC. The van der Waals surface area contributed by atoms with E-state index < -0.39 is 5.97 Å². The Morgan fingerprint density at radius 3 is 2.13 bits per heavy atom. The van der Waals surface area contributed by atoms with Crippen LogP contribution in [0.3, 0.4) is 0 Å². The third kappa shape index (κ3) is 3.83. The Hall–Kier alpha value is -2.95. The molecule has 0 aliphatic carbocycles. The van der Waals surface area contributed by atoms with Gasteiger partial charge in [-0.15, -0.1) is 0 Å². The molecule has 0 aliphatic rings. The molecule has 2 rings (SSSR count). The lowest BCUT2D eigenvalue weighted by molar-refractivity contribution is -0.297. The number of hydrogen-bond donors (Lipinski definition) is 0. The molecule has 0 saturated heterocycles. The summed E-state index contributed by atoms with van der Waals surface area (Å²) >= 11 is 0. The summed E-state index contributed by atoms with van der Waals surface area (Å²) in [5.41, 5.74) is 2.51. The van der Waals surface area contributed by atoms with Gasteiger partial charge in [-0.1, -0.05) is 24.3 Å². The Morgan fingerprint density at radius 2 is 1.61 bits per heavy atom. The second-order valence-electron chi connectivity index (χ2n) is 4.69. The lowest BCUT2D eigenvalue weighted by atomic mass is 10.0. The summed E-state index contributed by atoms with van der Waals surface area (Å²) in [7, 11) is 4.66. The second kappa shape index (κ2) is 7.35. The minimum atomic E-state index is -1.23. The molecule has 0 unspecified atom stereocenters. The van der Waals surface area contributed by atoms with Gasteiger partial charge >= 0.3 is 0 Å². The molecule has 0 bridgehead atoms. The Morgan fingerprint density at radius 1 is 0.957 bits per heavy atom. The van der Waals surface area contributed by atoms with Gasteiger partial charge in [-0.25, -0.2) is 0 Å². The number of carboxylic acid groups (broad SMARTS) is 1. The van der Waals surface area contributed by atoms with E-state index in [1.54, 1.807) is 27.4 Å². The predicted octanol–water partition coefficient (Wildman–Crippen LogP) is 2.14. The number of aliphatic carboxylic acids is 1. The van der Waals surface area contributed by atoms with Gasteiger partial charge in [0.05, 0.1) is 27.3 Å². The standard InChI is InChI=1S/C18H18O5/c1-21-15-10-14(11-16(22-2)18(15)23-3)13-6-4-5-12(9-13)7-8-17(19)20/h4-11H,1-3H3,(H,19,20)/p-1/b8-7+. The van der Waals surface area contributed by atoms with Crippen LogP contribution < -0.4 is 19.3 Å². The number of carbonyl (C=O) groups is 1. The van der Waals surface area contributed by atoms with Gasteiger partial charge in [0.1, 0.15) is 0 Å². The van der Waals surface area contributed by atoms with Gasteiger partial charge < -0.3 is 24.1 Å². The fourth-order valence-electron chi connectivity index (χ4n) is 2.23. The van der Waals surface area contributed by atoms with E-state index in [1.165, 1.54) is 6.08 Å².